The van der Waals surface area contributed by atoms with Gasteiger partial charge in [-0.15, -0.1) is 10.2 Å². The van der Waals surface area contributed by atoms with Crippen molar-refractivity contribution in [3.63, 3.8) is 0 Å². The van der Waals surface area contributed by atoms with Crippen molar-refractivity contribution in [3.05, 3.63) is 71.8 Å². The number of benzene rings is 2. The second-order valence-electron chi connectivity index (χ2n) is 4.28. The first-order valence-electron chi connectivity index (χ1n) is 6.26. The Morgan fingerprint density at radius 3 is 1.35 bits per heavy atom. The van der Waals surface area contributed by atoms with E-state index in [4.69, 9.17) is 0 Å². The molecule has 0 N–H and O–H groups in total. The molecule has 2 aromatic rings. The lowest BCUT2D eigenvalue weighted by atomic mass is 10.2. The SMILES string of the molecule is F/C(Cc1ccccc1)=N\N=C(/F)Cc1ccccc1. The summed E-state index contributed by atoms with van der Waals surface area (Å²) >= 11 is 0. The zero-order valence-corrected chi connectivity index (χ0v) is 10.8. The van der Waals surface area contributed by atoms with Gasteiger partial charge in [-0.05, 0) is 11.1 Å². The minimum Gasteiger partial charge on any atom is -0.188 e. The number of hydrogen-bond acceptors (Lipinski definition) is 2. The fourth-order valence-electron chi connectivity index (χ4n) is 1.71. The Morgan fingerprint density at radius 1 is 0.650 bits per heavy atom. The molecule has 20 heavy (non-hydrogen) atoms. The Morgan fingerprint density at radius 2 is 1.00 bits per heavy atom. The van der Waals surface area contributed by atoms with E-state index in [2.05, 4.69) is 10.2 Å². The van der Waals surface area contributed by atoms with Gasteiger partial charge in [-0.2, -0.15) is 8.78 Å². The molecule has 0 saturated heterocycles. The van der Waals surface area contributed by atoms with Crippen molar-refractivity contribution in [2.45, 2.75) is 12.8 Å². The highest BCUT2D eigenvalue weighted by atomic mass is 19.1. The van der Waals surface area contributed by atoms with E-state index in [1.807, 2.05) is 36.4 Å². The summed E-state index contributed by atoms with van der Waals surface area (Å²) in [6.07, 6.45) is 0.0336. The zero-order chi connectivity index (χ0) is 14.2. The third-order valence-electron chi connectivity index (χ3n) is 2.65. The van der Waals surface area contributed by atoms with Crippen LogP contribution in [0.4, 0.5) is 8.78 Å². The highest BCUT2D eigenvalue weighted by Crippen LogP contribution is 2.04. The number of nitrogens with zero attached hydrogens (tertiary/aromatic N) is 2. The number of halogens is 2. The predicted octanol–water partition coefficient (Wildman–Crippen LogP) is 4.12. The van der Waals surface area contributed by atoms with E-state index in [0.29, 0.717) is 0 Å². The van der Waals surface area contributed by atoms with Crippen LogP contribution >= 0.6 is 0 Å². The molecule has 0 radical (unpaired) electrons. The van der Waals surface area contributed by atoms with E-state index >= 15 is 0 Å². The van der Waals surface area contributed by atoms with Gasteiger partial charge in [0.15, 0.2) is 0 Å². The molecule has 4 heteroatoms. The van der Waals surface area contributed by atoms with Crippen LogP contribution in [-0.4, -0.2) is 11.9 Å². The molecule has 2 nitrogen and oxygen atoms in total. The van der Waals surface area contributed by atoms with Crippen molar-refractivity contribution >= 4 is 11.9 Å². The molecule has 0 unspecified atom stereocenters. The van der Waals surface area contributed by atoms with Crippen LogP contribution in [0.2, 0.25) is 0 Å². The molecule has 0 fully saturated rings. The molecule has 0 amide bonds. The maximum absolute atomic E-state index is 13.5. The van der Waals surface area contributed by atoms with Crippen LogP contribution in [-0.2, 0) is 12.8 Å². The standard InChI is InChI=1S/C16H14F2N2/c17-15(11-13-7-3-1-4-8-13)19-20-16(18)12-14-9-5-2-6-10-14/h1-10H,11-12H2/b19-15-,20-16-. The largest absolute Gasteiger partial charge is 0.214 e. The van der Waals surface area contributed by atoms with Crippen LogP contribution < -0.4 is 0 Å². The Hall–Kier alpha value is -2.36. The average Bonchev–Trinajstić information content (AvgIpc) is 2.47. The lowest BCUT2D eigenvalue weighted by Gasteiger charge is -1.97. The Balaban J connectivity index is 1.94. The Bertz CT molecular complexity index is 537. The summed E-state index contributed by atoms with van der Waals surface area (Å²) in [6.45, 7) is 0. The maximum atomic E-state index is 13.5. The lowest BCUT2D eigenvalue weighted by Crippen LogP contribution is -1.98. The van der Waals surface area contributed by atoms with Gasteiger partial charge < -0.3 is 0 Å². The van der Waals surface area contributed by atoms with Crippen molar-refractivity contribution in [2.24, 2.45) is 10.2 Å². The molecule has 2 aromatic carbocycles. The van der Waals surface area contributed by atoms with Gasteiger partial charge in [-0.25, -0.2) is 0 Å². The van der Waals surface area contributed by atoms with Crippen LogP contribution in [0.3, 0.4) is 0 Å². The van der Waals surface area contributed by atoms with Gasteiger partial charge in [-0.3, -0.25) is 0 Å². The van der Waals surface area contributed by atoms with E-state index in [1.165, 1.54) is 0 Å². The van der Waals surface area contributed by atoms with Crippen molar-refractivity contribution in [2.75, 3.05) is 0 Å². The quantitative estimate of drug-likeness (QED) is 0.577. The molecule has 0 aliphatic rings. The summed E-state index contributed by atoms with van der Waals surface area (Å²) in [5.41, 5.74) is 1.54. The molecule has 0 heterocycles. The van der Waals surface area contributed by atoms with Crippen LogP contribution in [0.1, 0.15) is 11.1 Å². The second-order valence-corrected chi connectivity index (χ2v) is 4.28. The molecule has 0 saturated carbocycles. The molecule has 102 valence electrons. The van der Waals surface area contributed by atoms with Gasteiger partial charge >= 0.3 is 0 Å². The third-order valence-corrected chi connectivity index (χ3v) is 2.65. The smallest absolute Gasteiger partial charge is 0.188 e. The van der Waals surface area contributed by atoms with Gasteiger partial charge in [0.2, 0.25) is 11.9 Å². The van der Waals surface area contributed by atoms with Crippen LogP contribution in [0.25, 0.3) is 0 Å². The first-order chi connectivity index (χ1) is 9.74. The first kappa shape index (κ1) is 14.1. The van der Waals surface area contributed by atoms with E-state index < -0.39 is 11.9 Å². The fourth-order valence-corrected chi connectivity index (χ4v) is 1.71. The molecular formula is C16H14F2N2. The van der Waals surface area contributed by atoms with E-state index in [1.54, 1.807) is 24.3 Å². The lowest BCUT2D eigenvalue weighted by molar-refractivity contribution is 0.745. The molecule has 0 aliphatic carbocycles. The van der Waals surface area contributed by atoms with Crippen LogP contribution in [0, 0.1) is 0 Å². The number of rotatable bonds is 5. The van der Waals surface area contributed by atoms with Crippen molar-refractivity contribution in [3.8, 4) is 0 Å². The first-order valence-corrected chi connectivity index (χ1v) is 6.26. The molecule has 0 spiro atoms. The van der Waals surface area contributed by atoms with Crippen LogP contribution in [0.15, 0.2) is 70.9 Å². The Labute approximate surface area is 116 Å². The van der Waals surface area contributed by atoms with Crippen molar-refractivity contribution in [1.82, 2.24) is 0 Å². The molecule has 0 aromatic heterocycles. The molecule has 2 rings (SSSR count). The Kier molecular flexibility index (Phi) is 5.12. The summed E-state index contributed by atoms with van der Waals surface area (Å²) in [7, 11) is 0. The molecule has 0 bridgehead atoms. The summed E-state index contributed by atoms with van der Waals surface area (Å²) in [5, 5.41) is 6.56. The van der Waals surface area contributed by atoms with E-state index in [0.717, 1.165) is 11.1 Å². The van der Waals surface area contributed by atoms with E-state index in [9.17, 15) is 8.78 Å². The topological polar surface area (TPSA) is 24.7 Å². The minimum absolute atomic E-state index is 0.0168. The molecular weight excluding hydrogens is 258 g/mol. The summed E-state index contributed by atoms with van der Waals surface area (Å²) in [5.74, 6) is -1.42. The van der Waals surface area contributed by atoms with Crippen LogP contribution in [0.5, 0.6) is 0 Å². The summed E-state index contributed by atoms with van der Waals surface area (Å²) in [6, 6.07) is 18.0. The predicted molar refractivity (Wildman–Crippen MR) is 77.4 cm³/mol. The normalized spacial score (nSPS) is 12.5. The average molecular weight is 272 g/mol. The maximum Gasteiger partial charge on any atom is 0.214 e. The zero-order valence-electron chi connectivity index (χ0n) is 10.8. The van der Waals surface area contributed by atoms with E-state index in [-0.39, 0.29) is 12.8 Å². The van der Waals surface area contributed by atoms with Gasteiger partial charge in [-0.1, -0.05) is 60.7 Å². The second kappa shape index (κ2) is 7.28. The van der Waals surface area contributed by atoms with Crippen molar-refractivity contribution < 1.29 is 8.78 Å². The van der Waals surface area contributed by atoms with Gasteiger partial charge in [0.25, 0.3) is 0 Å². The molecule has 0 atom stereocenters. The van der Waals surface area contributed by atoms with Crippen molar-refractivity contribution in [1.29, 1.82) is 0 Å². The highest BCUT2D eigenvalue weighted by molar-refractivity contribution is 5.81. The molecule has 0 aliphatic heterocycles. The van der Waals surface area contributed by atoms with Gasteiger partial charge in [0.05, 0.1) is 0 Å². The highest BCUT2D eigenvalue weighted by Gasteiger charge is 2.01. The summed E-state index contributed by atoms with van der Waals surface area (Å²) < 4.78 is 26.9. The fraction of sp³-hybridized carbons (Fsp3) is 0.125. The summed E-state index contributed by atoms with van der Waals surface area (Å²) in [4.78, 5) is 0. The van der Waals surface area contributed by atoms with Gasteiger partial charge in [0.1, 0.15) is 0 Å². The minimum atomic E-state index is -0.709. The monoisotopic (exact) mass is 272 g/mol. The number of hydrogen-bond donors (Lipinski definition) is 0. The third kappa shape index (κ3) is 4.72. The van der Waals surface area contributed by atoms with Gasteiger partial charge in [0, 0.05) is 12.8 Å².